The lowest BCUT2D eigenvalue weighted by Crippen LogP contribution is -2.20. The van der Waals surface area contributed by atoms with Crippen LogP contribution >= 0.6 is 11.6 Å². The van der Waals surface area contributed by atoms with Gasteiger partial charge in [0.2, 0.25) is 10.0 Å². The first-order valence-electron chi connectivity index (χ1n) is 7.33. The highest BCUT2D eigenvalue weighted by molar-refractivity contribution is 7.88. The number of sulfonamides is 1. The minimum Gasteiger partial charge on any atom is -0.321 e. The zero-order valence-electron chi connectivity index (χ0n) is 13.2. The fraction of sp³-hybridized carbons (Fsp3) is 0.125. The number of aromatic amines is 1. The molecule has 0 saturated carbocycles. The van der Waals surface area contributed by atoms with Gasteiger partial charge in [0.25, 0.3) is 5.91 Å². The van der Waals surface area contributed by atoms with E-state index in [0.29, 0.717) is 27.2 Å². The number of anilines is 1. The van der Waals surface area contributed by atoms with Crippen molar-refractivity contribution in [3.8, 4) is 0 Å². The summed E-state index contributed by atoms with van der Waals surface area (Å²) in [5.41, 5.74) is 2.10. The Morgan fingerprint density at radius 1 is 1.20 bits per heavy atom. The number of fused-ring (bicyclic) bond motifs is 1. The Hall–Kier alpha value is -2.42. The van der Waals surface area contributed by atoms with Crippen molar-refractivity contribution in [3.05, 3.63) is 58.7 Å². The van der Waals surface area contributed by atoms with Crippen molar-refractivity contribution in [2.45, 2.75) is 5.75 Å². The number of nitrogens with zero attached hydrogens (tertiary/aromatic N) is 1. The third-order valence-electron chi connectivity index (χ3n) is 3.62. The molecule has 3 rings (SSSR count). The van der Waals surface area contributed by atoms with E-state index in [1.54, 1.807) is 42.5 Å². The number of aromatic nitrogens is 2. The summed E-state index contributed by atoms with van der Waals surface area (Å²) < 4.78 is 25.3. The van der Waals surface area contributed by atoms with Crippen molar-refractivity contribution in [3.63, 3.8) is 0 Å². The Balaban J connectivity index is 1.77. The van der Waals surface area contributed by atoms with E-state index in [-0.39, 0.29) is 17.4 Å². The first-order chi connectivity index (χ1) is 11.9. The van der Waals surface area contributed by atoms with Crippen LogP contribution in [0.4, 0.5) is 5.69 Å². The Kier molecular flexibility index (Phi) is 4.76. The Morgan fingerprint density at radius 3 is 2.60 bits per heavy atom. The zero-order chi connectivity index (χ0) is 18.0. The van der Waals surface area contributed by atoms with Crippen LogP contribution in [-0.4, -0.2) is 31.6 Å². The molecule has 1 aromatic heterocycles. The van der Waals surface area contributed by atoms with Crippen LogP contribution in [0.25, 0.3) is 10.9 Å². The number of rotatable bonds is 5. The summed E-state index contributed by atoms with van der Waals surface area (Å²) in [6.07, 6.45) is 0. The maximum atomic E-state index is 12.4. The van der Waals surface area contributed by atoms with E-state index in [4.69, 9.17) is 11.6 Å². The number of hydrogen-bond acceptors (Lipinski definition) is 4. The van der Waals surface area contributed by atoms with Crippen molar-refractivity contribution < 1.29 is 13.2 Å². The molecule has 0 spiro atoms. The number of carbonyl (C=O) groups is 1. The van der Waals surface area contributed by atoms with Crippen LogP contribution in [0.3, 0.4) is 0 Å². The molecule has 0 atom stereocenters. The van der Waals surface area contributed by atoms with Crippen LogP contribution in [0.1, 0.15) is 16.1 Å². The average molecular weight is 379 g/mol. The molecular weight excluding hydrogens is 364 g/mol. The molecule has 0 bridgehead atoms. The molecule has 7 nitrogen and oxygen atoms in total. The second-order valence-electron chi connectivity index (χ2n) is 5.38. The lowest BCUT2D eigenvalue weighted by Gasteiger charge is -2.06. The molecule has 0 saturated heterocycles. The number of benzene rings is 2. The summed E-state index contributed by atoms with van der Waals surface area (Å²) in [5.74, 6) is -0.510. The minimum absolute atomic E-state index is 0.125. The van der Waals surface area contributed by atoms with Crippen molar-refractivity contribution in [1.29, 1.82) is 0 Å². The first-order valence-corrected chi connectivity index (χ1v) is 9.36. The van der Waals surface area contributed by atoms with Crippen LogP contribution in [-0.2, 0) is 15.8 Å². The molecule has 0 aliphatic carbocycles. The zero-order valence-corrected chi connectivity index (χ0v) is 14.8. The van der Waals surface area contributed by atoms with Gasteiger partial charge in [0.05, 0.1) is 11.3 Å². The predicted octanol–water partition coefficient (Wildman–Crippen LogP) is 2.52. The average Bonchev–Trinajstić information content (AvgIpc) is 2.99. The third kappa shape index (κ3) is 3.98. The van der Waals surface area contributed by atoms with Crippen LogP contribution in [0.2, 0.25) is 5.02 Å². The highest BCUT2D eigenvalue weighted by Gasteiger charge is 2.15. The van der Waals surface area contributed by atoms with Crippen molar-refractivity contribution >= 4 is 44.1 Å². The van der Waals surface area contributed by atoms with E-state index in [0.717, 1.165) is 0 Å². The molecule has 0 fully saturated rings. The van der Waals surface area contributed by atoms with Crippen LogP contribution in [0.15, 0.2) is 42.5 Å². The molecule has 0 radical (unpaired) electrons. The highest BCUT2D eigenvalue weighted by Crippen LogP contribution is 2.21. The largest absolute Gasteiger partial charge is 0.321 e. The Labute approximate surface area is 149 Å². The first kappa shape index (κ1) is 17.4. The van der Waals surface area contributed by atoms with E-state index >= 15 is 0 Å². The molecule has 3 aromatic rings. The highest BCUT2D eigenvalue weighted by atomic mass is 35.5. The van der Waals surface area contributed by atoms with E-state index in [9.17, 15) is 13.2 Å². The Bertz CT molecular complexity index is 1030. The Morgan fingerprint density at radius 2 is 1.92 bits per heavy atom. The third-order valence-corrected chi connectivity index (χ3v) is 5.19. The molecule has 130 valence electrons. The molecule has 2 aromatic carbocycles. The maximum absolute atomic E-state index is 12.4. The summed E-state index contributed by atoms with van der Waals surface area (Å²) in [4.78, 5) is 12.4. The molecule has 0 aliphatic rings. The number of hydrogen-bond donors (Lipinski definition) is 3. The van der Waals surface area contributed by atoms with Gasteiger partial charge in [-0.3, -0.25) is 9.89 Å². The molecule has 1 heterocycles. The molecule has 0 aliphatic heterocycles. The van der Waals surface area contributed by atoms with Gasteiger partial charge in [-0.25, -0.2) is 13.1 Å². The summed E-state index contributed by atoms with van der Waals surface area (Å²) >= 11 is 5.97. The molecule has 25 heavy (non-hydrogen) atoms. The van der Waals surface area contributed by atoms with Crippen LogP contribution in [0, 0.1) is 0 Å². The van der Waals surface area contributed by atoms with Crippen LogP contribution < -0.4 is 10.0 Å². The molecule has 0 unspecified atom stereocenters. The second kappa shape index (κ2) is 6.83. The fourth-order valence-electron chi connectivity index (χ4n) is 2.33. The standard InChI is InChI=1S/C16H15ClN4O3S/c1-18-25(23,24)9-10-2-5-12(6-3-10)19-16(22)15-13-8-11(17)4-7-14(13)20-21-15/h2-8,18H,9H2,1H3,(H,19,22)(H,20,21). The lowest BCUT2D eigenvalue weighted by molar-refractivity contribution is 0.102. The van der Waals surface area contributed by atoms with Crippen LogP contribution in [0.5, 0.6) is 0 Å². The van der Waals surface area contributed by atoms with E-state index in [1.165, 1.54) is 7.05 Å². The lowest BCUT2D eigenvalue weighted by atomic mass is 10.2. The fourth-order valence-corrected chi connectivity index (χ4v) is 3.27. The van der Waals surface area contributed by atoms with Gasteiger partial charge in [0.1, 0.15) is 0 Å². The number of H-pyrrole nitrogens is 1. The number of carbonyl (C=O) groups excluding carboxylic acids is 1. The summed E-state index contributed by atoms with van der Waals surface area (Å²) in [7, 11) is -1.97. The van der Waals surface area contributed by atoms with Gasteiger partial charge in [-0.05, 0) is 42.9 Å². The monoisotopic (exact) mass is 378 g/mol. The summed E-state index contributed by atoms with van der Waals surface area (Å²) in [6.45, 7) is 0. The van der Waals surface area contributed by atoms with E-state index in [1.807, 2.05) is 0 Å². The van der Waals surface area contributed by atoms with Gasteiger partial charge in [-0.2, -0.15) is 5.10 Å². The molecule has 3 N–H and O–H groups in total. The normalized spacial score (nSPS) is 11.6. The topological polar surface area (TPSA) is 104 Å². The maximum Gasteiger partial charge on any atom is 0.276 e. The number of nitrogens with one attached hydrogen (secondary N) is 3. The SMILES string of the molecule is CNS(=O)(=O)Cc1ccc(NC(=O)c2n[nH]c3ccc(Cl)cc23)cc1. The summed E-state index contributed by atoms with van der Waals surface area (Å²) in [5, 5.41) is 10.7. The van der Waals surface area contributed by atoms with Crippen molar-refractivity contribution in [2.24, 2.45) is 0 Å². The van der Waals surface area contributed by atoms with Gasteiger partial charge in [0.15, 0.2) is 5.69 Å². The summed E-state index contributed by atoms with van der Waals surface area (Å²) in [6, 6.07) is 11.7. The molecule has 1 amide bonds. The molecular formula is C16H15ClN4O3S. The number of amides is 1. The van der Waals surface area contributed by atoms with Crippen molar-refractivity contribution in [2.75, 3.05) is 12.4 Å². The van der Waals surface area contributed by atoms with E-state index < -0.39 is 10.0 Å². The predicted molar refractivity (Wildman–Crippen MR) is 97.2 cm³/mol. The minimum atomic E-state index is -3.34. The van der Waals surface area contributed by atoms with Gasteiger partial charge in [-0.1, -0.05) is 23.7 Å². The van der Waals surface area contributed by atoms with Gasteiger partial charge < -0.3 is 5.32 Å². The number of halogens is 1. The molecule has 9 heteroatoms. The van der Waals surface area contributed by atoms with Gasteiger partial charge >= 0.3 is 0 Å². The second-order valence-corrected chi connectivity index (χ2v) is 7.74. The smallest absolute Gasteiger partial charge is 0.276 e. The quantitative estimate of drug-likeness (QED) is 0.634. The van der Waals surface area contributed by atoms with E-state index in [2.05, 4.69) is 20.2 Å². The van der Waals surface area contributed by atoms with Crippen molar-refractivity contribution in [1.82, 2.24) is 14.9 Å². The van der Waals surface area contributed by atoms with Gasteiger partial charge in [-0.15, -0.1) is 0 Å². The van der Waals surface area contributed by atoms with Gasteiger partial charge in [0, 0.05) is 16.1 Å².